The third-order valence-electron chi connectivity index (χ3n) is 4.65. The van der Waals surface area contributed by atoms with Gasteiger partial charge in [-0.05, 0) is 12.5 Å². The lowest BCUT2D eigenvalue weighted by Crippen LogP contribution is -2.50. The fourth-order valence-corrected chi connectivity index (χ4v) is 3.16. The van der Waals surface area contributed by atoms with Crippen LogP contribution in [0.3, 0.4) is 0 Å². The molecule has 2 N–H and O–H groups in total. The molecule has 2 aromatic carbocycles. The molecule has 0 atom stereocenters. The maximum atomic E-state index is 9.54. The van der Waals surface area contributed by atoms with Crippen molar-refractivity contribution in [2.75, 3.05) is 26.2 Å². The van der Waals surface area contributed by atoms with E-state index in [9.17, 15) is 10.4 Å². The highest BCUT2D eigenvalue weighted by Crippen LogP contribution is 2.12. The maximum Gasteiger partial charge on any atom is 0.198 e. The lowest BCUT2D eigenvalue weighted by atomic mass is 10.1. The average Bonchev–Trinajstić information content (AvgIpc) is 2.69. The predicted octanol–water partition coefficient (Wildman–Crippen LogP) is 2.78. The van der Waals surface area contributed by atoms with Crippen LogP contribution in [0, 0.1) is 6.92 Å². The van der Waals surface area contributed by atoms with Gasteiger partial charge in [-0.15, -0.1) is 0 Å². The summed E-state index contributed by atoms with van der Waals surface area (Å²) in [5.41, 5.74) is 3.40. The number of rotatable bonds is 4. The largest absolute Gasteiger partial charge is 0.410 e. The smallest absolute Gasteiger partial charge is 0.198 e. The molecule has 0 aliphatic carbocycles. The van der Waals surface area contributed by atoms with Crippen LogP contribution in [-0.4, -0.2) is 57.9 Å². The van der Waals surface area contributed by atoms with E-state index in [1.165, 1.54) is 5.56 Å². The van der Waals surface area contributed by atoms with Gasteiger partial charge < -0.3 is 15.3 Å². The minimum atomic E-state index is 0.281. The van der Waals surface area contributed by atoms with Crippen LogP contribution in [0.15, 0.2) is 64.9 Å². The van der Waals surface area contributed by atoms with Crippen LogP contribution >= 0.6 is 0 Å². The van der Waals surface area contributed by atoms with Crippen molar-refractivity contribution in [3.05, 3.63) is 71.3 Å². The number of hydrogen-bond acceptors (Lipinski definition) is 5. The average molecular weight is 352 g/mol. The summed E-state index contributed by atoms with van der Waals surface area (Å²) in [7, 11) is 0. The van der Waals surface area contributed by atoms with Crippen LogP contribution in [0.5, 0.6) is 0 Å². The molecule has 1 fully saturated rings. The van der Waals surface area contributed by atoms with Crippen molar-refractivity contribution < 1.29 is 10.4 Å². The van der Waals surface area contributed by atoms with Crippen LogP contribution in [0.2, 0.25) is 0 Å². The molecule has 0 radical (unpaired) electrons. The summed E-state index contributed by atoms with van der Waals surface area (Å²) in [6, 6.07) is 18.0. The second-order valence-electron chi connectivity index (χ2n) is 6.49. The van der Waals surface area contributed by atoms with Gasteiger partial charge in [0.05, 0.1) is 0 Å². The van der Waals surface area contributed by atoms with Gasteiger partial charge in [-0.2, -0.15) is 0 Å². The highest BCUT2D eigenvalue weighted by molar-refractivity contribution is 6.47. The van der Waals surface area contributed by atoms with Crippen molar-refractivity contribution in [2.24, 2.45) is 10.3 Å². The maximum absolute atomic E-state index is 9.54. The molecule has 1 heterocycles. The van der Waals surface area contributed by atoms with Gasteiger partial charge in [0.15, 0.2) is 11.5 Å². The summed E-state index contributed by atoms with van der Waals surface area (Å²) >= 11 is 0. The van der Waals surface area contributed by atoms with Crippen molar-refractivity contribution in [3.8, 4) is 0 Å². The molecule has 3 rings (SSSR count). The van der Waals surface area contributed by atoms with Crippen LogP contribution in [-0.2, 0) is 6.54 Å². The van der Waals surface area contributed by atoms with Crippen LogP contribution < -0.4 is 0 Å². The first-order valence-corrected chi connectivity index (χ1v) is 8.74. The summed E-state index contributed by atoms with van der Waals surface area (Å²) in [6.07, 6.45) is 0. The second kappa shape index (κ2) is 8.49. The Labute approximate surface area is 153 Å². The highest BCUT2D eigenvalue weighted by atomic mass is 16.4. The Hall–Kier alpha value is -2.86. The molecule has 136 valence electrons. The van der Waals surface area contributed by atoms with E-state index >= 15 is 0 Å². The quantitative estimate of drug-likeness (QED) is 0.384. The van der Waals surface area contributed by atoms with Gasteiger partial charge in [0.1, 0.15) is 0 Å². The fraction of sp³-hybridized carbons (Fsp3) is 0.300. The first-order chi connectivity index (χ1) is 12.7. The van der Waals surface area contributed by atoms with E-state index < -0.39 is 0 Å². The number of piperazine rings is 1. The van der Waals surface area contributed by atoms with E-state index in [-0.39, 0.29) is 5.71 Å². The third-order valence-corrected chi connectivity index (χ3v) is 4.65. The SMILES string of the molecule is Cc1ccc(C(=N\O)/C(=N/O)N2CCN(Cc3ccccc3)CC2)cc1. The Morgan fingerprint density at radius 3 is 2.12 bits per heavy atom. The number of hydrogen-bond donors (Lipinski definition) is 2. The summed E-state index contributed by atoms with van der Waals surface area (Å²) in [4.78, 5) is 4.32. The minimum Gasteiger partial charge on any atom is -0.410 e. The zero-order valence-corrected chi connectivity index (χ0v) is 14.9. The highest BCUT2D eigenvalue weighted by Gasteiger charge is 2.25. The molecule has 0 saturated carbocycles. The molecule has 1 aliphatic rings. The number of nitrogens with zero attached hydrogens (tertiary/aromatic N) is 4. The Balaban J connectivity index is 1.65. The van der Waals surface area contributed by atoms with E-state index in [0.717, 1.165) is 30.8 Å². The van der Waals surface area contributed by atoms with Crippen LogP contribution in [0.4, 0.5) is 0 Å². The summed E-state index contributed by atoms with van der Waals surface area (Å²) in [5.74, 6) is 0.302. The molecule has 26 heavy (non-hydrogen) atoms. The zero-order chi connectivity index (χ0) is 18.4. The molecule has 6 heteroatoms. The van der Waals surface area contributed by atoms with Crippen LogP contribution in [0.1, 0.15) is 16.7 Å². The Morgan fingerprint density at radius 1 is 0.885 bits per heavy atom. The molecule has 0 aromatic heterocycles. The molecule has 0 amide bonds. The summed E-state index contributed by atoms with van der Waals surface area (Å²) < 4.78 is 0. The van der Waals surface area contributed by atoms with Crippen LogP contribution in [0.25, 0.3) is 0 Å². The monoisotopic (exact) mass is 352 g/mol. The summed E-state index contributed by atoms with van der Waals surface area (Å²) in [5, 5.41) is 25.8. The van der Waals surface area contributed by atoms with Gasteiger partial charge in [0.2, 0.25) is 0 Å². The third kappa shape index (κ3) is 4.21. The molecule has 6 nitrogen and oxygen atoms in total. The minimum absolute atomic E-state index is 0.281. The first-order valence-electron chi connectivity index (χ1n) is 8.74. The van der Waals surface area contributed by atoms with E-state index in [1.807, 2.05) is 54.3 Å². The van der Waals surface area contributed by atoms with Crippen molar-refractivity contribution in [2.45, 2.75) is 13.5 Å². The first kappa shape index (κ1) is 17.9. The van der Waals surface area contributed by atoms with E-state index in [2.05, 4.69) is 27.3 Å². The lowest BCUT2D eigenvalue weighted by molar-refractivity contribution is 0.172. The van der Waals surface area contributed by atoms with Gasteiger partial charge in [0, 0.05) is 38.3 Å². The van der Waals surface area contributed by atoms with Crippen molar-refractivity contribution >= 4 is 11.5 Å². The summed E-state index contributed by atoms with van der Waals surface area (Å²) in [6.45, 7) is 6.00. The van der Waals surface area contributed by atoms with Crippen molar-refractivity contribution in [3.63, 3.8) is 0 Å². The molecule has 0 bridgehead atoms. The molecule has 2 aromatic rings. The second-order valence-corrected chi connectivity index (χ2v) is 6.49. The molecular formula is C20H24N4O2. The van der Waals surface area contributed by atoms with Gasteiger partial charge >= 0.3 is 0 Å². The topological polar surface area (TPSA) is 71.7 Å². The normalized spacial score (nSPS) is 16.7. The Bertz CT molecular complexity index is 764. The number of benzene rings is 2. The molecule has 0 spiro atoms. The zero-order valence-electron chi connectivity index (χ0n) is 14.9. The van der Waals surface area contributed by atoms with Gasteiger partial charge in [-0.1, -0.05) is 70.5 Å². The lowest BCUT2D eigenvalue weighted by Gasteiger charge is -2.36. The van der Waals surface area contributed by atoms with Crippen molar-refractivity contribution in [1.29, 1.82) is 0 Å². The molecule has 0 unspecified atom stereocenters. The Morgan fingerprint density at radius 2 is 1.54 bits per heavy atom. The standard InChI is InChI=1S/C20H24N4O2/c1-16-7-9-18(10-8-16)19(21-25)20(22-26)24-13-11-23(12-14-24)15-17-5-3-2-4-6-17/h2-10,25-26H,11-15H2,1H3/b21-19+,22-20-. The Kier molecular flexibility index (Phi) is 5.86. The van der Waals surface area contributed by atoms with Gasteiger partial charge in [0.25, 0.3) is 0 Å². The van der Waals surface area contributed by atoms with E-state index in [0.29, 0.717) is 18.9 Å². The number of oxime groups is 2. The van der Waals surface area contributed by atoms with E-state index in [1.54, 1.807) is 0 Å². The van der Waals surface area contributed by atoms with E-state index in [4.69, 9.17) is 0 Å². The number of aryl methyl sites for hydroxylation is 1. The number of amidine groups is 1. The molecular weight excluding hydrogens is 328 g/mol. The van der Waals surface area contributed by atoms with Crippen molar-refractivity contribution in [1.82, 2.24) is 9.80 Å². The molecule has 1 saturated heterocycles. The van der Waals surface area contributed by atoms with Gasteiger partial charge in [-0.3, -0.25) is 4.90 Å². The fourth-order valence-electron chi connectivity index (χ4n) is 3.16. The predicted molar refractivity (Wildman–Crippen MR) is 102 cm³/mol. The molecule has 1 aliphatic heterocycles. The van der Waals surface area contributed by atoms with Gasteiger partial charge in [-0.25, -0.2) is 0 Å².